The van der Waals surface area contributed by atoms with Crippen molar-refractivity contribution in [3.8, 4) is 11.5 Å². The Morgan fingerprint density at radius 1 is 1.25 bits per heavy atom. The number of hydrazone groups is 1. The standard InChI is InChI=1S/C14H12N2O7S/c17-14(12-8-21-10-3-1-2-4-11(10)23-12)16-15-7-9-5-6-13(22-9)24(18,19)20/h1-7,12H,8H2,(H,16,17)(H,18,19,20)/p-1/b15-7+. The van der Waals surface area contributed by atoms with Gasteiger partial charge >= 0.3 is 0 Å². The fraction of sp³-hybridized carbons (Fsp3) is 0.143. The number of nitrogens with zero attached hydrogens (tertiary/aromatic N) is 1. The second kappa shape index (κ2) is 6.34. The van der Waals surface area contributed by atoms with Gasteiger partial charge in [0, 0.05) is 0 Å². The number of carbonyl (C=O) groups excluding carboxylic acids is 1. The van der Waals surface area contributed by atoms with Gasteiger partial charge < -0.3 is 18.4 Å². The topological polar surface area (TPSA) is 130 Å². The first kappa shape index (κ1) is 16.0. The van der Waals surface area contributed by atoms with E-state index in [1.807, 2.05) is 0 Å². The molecule has 0 radical (unpaired) electrons. The second-order valence-electron chi connectivity index (χ2n) is 4.71. The van der Waals surface area contributed by atoms with Crippen molar-refractivity contribution in [1.82, 2.24) is 5.43 Å². The minimum Gasteiger partial charge on any atom is -0.742 e. The van der Waals surface area contributed by atoms with Crippen LogP contribution < -0.4 is 14.9 Å². The molecule has 0 spiro atoms. The smallest absolute Gasteiger partial charge is 0.284 e. The van der Waals surface area contributed by atoms with E-state index in [2.05, 4.69) is 10.5 Å². The Kier molecular flexibility index (Phi) is 4.23. The van der Waals surface area contributed by atoms with Crippen molar-refractivity contribution in [3.05, 3.63) is 42.2 Å². The van der Waals surface area contributed by atoms with Gasteiger partial charge in [-0.25, -0.2) is 13.8 Å². The molecule has 1 atom stereocenters. The van der Waals surface area contributed by atoms with Gasteiger partial charge in [0.25, 0.3) is 5.91 Å². The number of benzene rings is 1. The molecule has 1 aliphatic rings. The zero-order valence-corrected chi connectivity index (χ0v) is 12.9. The molecule has 1 N–H and O–H groups in total. The minimum atomic E-state index is -4.67. The lowest BCUT2D eigenvalue weighted by Gasteiger charge is -2.24. The summed E-state index contributed by atoms with van der Waals surface area (Å²) < 4.78 is 47.9. The Labute approximate surface area is 136 Å². The summed E-state index contributed by atoms with van der Waals surface area (Å²) in [6.45, 7) is 0.0255. The quantitative estimate of drug-likeness (QED) is 0.481. The van der Waals surface area contributed by atoms with Gasteiger partial charge in [0.15, 0.2) is 21.6 Å². The number of amides is 1. The van der Waals surface area contributed by atoms with E-state index in [9.17, 15) is 17.8 Å². The molecule has 0 bridgehead atoms. The SMILES string of the molecule is O=C(N/N=C/c1ccc(S(=O)(=O)[O-])o1)C1COc2ccccc2O1. The Balaban J connectivity index is 1.59. The molecule has 1 aromatic carbocycles. The molecule has 1 unspecified atom stereocenters. The van der Waals surface area contributed by atoms with Crippen molar-refractivity contribution in [2.45, 2.75) is 11.2 Å². The predicted octanol–water partition coefficient (Wildman–Crippen LogP) is 0.474. The third-order valence-electron chi connectivity index (χ3n) is 3.02. The van der Waals surface area contributed by atoms with E-state index in [0.717, 1.165) is 12.3 Å². The van der Waals surface area contributed by atoms with Gasteiger partial charge in [-0.2, -0.15) is 5.10 Å². The average Bonchev–Trinajstić information content (AvgIpc) is 3.03. The Hall–Kier alpha value is -2.85. The zero-order chi connectivity index (χ0) is 17.2. The van der Waals surface area contributed by atoms with Crippen LogP contribution in [0.25, 0.3) is 0 Å². The second-order valence-corrected chi connectivity index (χ2v) is 6.02. The first-order valence-corrected chi connectivity index (χ1v) is 8.11. The highest BCUT2D eigenvalue weighted by atomic mass is 32.2. The molecule has 0 saturated carbocycles. The molecule has 9 nitrogen and oxygen atoms in total. The van der Waals surface area contributed by atoms with E-state index in [4.69, 9.17) is 13.9 Å². The van der Waals surface area contributed by atoms with Gasteiger partial charge in [0.2, 0.25) is 11.2 Å². The monoisotopic (exact) mass is 351 g/mol. The van der Waals surface area contributed by atoms with Crippen LogP contribution in [0.2, 0.25) is 0 Å². The molecule has 0 saturated heterocycles. The summed E-state index contributed by atoms with van der Waals surface area (Å²) in [4.78, 5) is 12.0. The van der Waals surface area contributed by atoms with Crippen LogP contribution in [0.5, 0.6) is 11.5 Å². The molecule has 2 aromatic rings. The van der Waals surface area contributed by atoms with Crippen LogP contribution in [0.15, 0.2) is 51.0 Å². The van der Waals surface area contributed by atoms with Crippen LogP contribution in [0.4, 0.5) is 0 Å². The number of furan rings is 1. The fourth-order valence-electron chi connectivity index (χ4n) is 1.92. The number of carbonyl (C=O) groups is 1. The highest BCUT2D eigenvalue weighted by molar-refractivity contribution is 7.85. The number of ether oxygens (including phenoxy) is 2. The summed E-state index contributed by atoms with van der Waals surface area (Å²) in [5.74, 6) is 0.441. The summed E-state index contributed by atoms with van der Waals surface area (Å²) >= 11 is 0. The van der Waals surface area contributed by atoms with Crippen molar-refractivity contribution in [2.24, 2.45) is 5.10 Å². The van der Waals surface area contributed by atoms with Crippen LogP contribution in [0, 0.1) is 0 Å². The van der Waals surface area contributed by atoms with Gasteiger partial charge in [0.1, 0.15) is 12.4 Å². The summed E-state index contributed by atoms with van der Waals surface area (Å²) in [7, 11) is -4.67. The van der Waals surface area contributed by atoms with Gasteiger partial charge in [-0.1, -0.05) is 12.1 Å². The van der Waals surface area contributed by atoms with Crippen LogP contribution in [0.1, 0.15) is 5.76 Å². The number of hydrogen-bond donors (Lipinski definition) is 1. The molecule has 0 aliphatic carbocycles. The summed E-state index contributed by atoms with van der Waals surface area (Å²) in [6, 6.07) is 9.16. The molecular weight excluding hydrogens is 340 g/mol. The lowest BCUT2D eigenvalue weighted by atomic mass is 10.2. The average molecular weight is 351 g/mol. The van der Waals surface area contributed by atoms with Gasteiger partial charge in [-0.05, 0) is 24.3 Å². The Morgan fingerprint density at radius 2 is 2.00 bits per heavy atom. The van der Waals surface area contributed by atoms with Crippen molar-refractivity contribution in [1.29, 1.82) is 0 Å². The van der Waals surface area contributed by atoms with Crippen molar-refractivity contribution in [2.75, 3.05) is 6.61 Å². The van der Waals surface area contributed by atoms with Crippen LogP contribution >= 0.6 is 0 Å². The Morgan fingerprint density at radius 3 is 2.71 bits per heavy atom. The summed E-state index contributed by atoms with van der Waals surface area (Å²) in [6.07, 6.45) is 0.177. The lowest BCUT2D eigenvalue weighted by molar-refractivity contribution is -0.130. The third-order valence-corrected chi connectivity index (χ3v) is 3.73. The maximum Gasteiger partial charge on any atom is 0.284 e. The molecule has 1 aromatic heterocycles. The highest BCUT2D eigenvalue weighted by Crippen LogP contribution is 2.30. The van der Waals surface area contributed by atoms with E-state index >= 15 is 0 Å². The number of rotatable bonds is 4. The summed E-state index contributed by atoms with van der Waals surface area (Å²) in [5, 5.41) is 2.89. The van der Waals surface area contributed by atoms with E-state index < -0.39 is 27.2 Å². The van der Waals surface area contributed by atoms with Crippen LogP contribution in [-0.4, -0.2) is 37.8 Å². The molecule has 10 heteroatoms. The number of hydrogen-bond acceptors (Lipinski definition) is 8. The molecule has 0 fully saturated rings. The van der Waals surface area contributed by atoms with Crippen LogP contribution in [0.3, 0.4) is 0 Å². The molecule has 1 aliphatic heterocycles. The molecule has 3 rings (SSSR count). The lowest BCUT2D eigenvalue weighted by Crippen LogP contribution is -2.42. The van der Waals surface area contributed by atoms with Gasteiger partial charge in [-0.15, -0.1) is 0 Å². The normalized spacial score (nSPS) is 17.0. The third kappa shape index (κ3) is 3.55. The Bertz CT molecular complexity index is 888. The number of fused-ring (bicyclic) bond motifs is 1. The van der Waals surface area contributed by atoms with Crippen molar-refractivity contribution >= 4 is 22.2 Å². The predicted molar refractivity (Wildman–Crippen MR) is 78.8 cm³/mol. The maximum absolute atomic E-state index is 12.0. The largest absolute Gasteiger partial charge is 0.742 e. The number of para-hydroxylation sites is 2. The first-order chi connectivity index (χ1) is 11.4. The van der Waals surface area contributed by atoms with Gasteiger partial charge in [-0.3, -0.25) is 4.79 Å². The fourth-order valence-corrected chi connectivity index (χ4v) is 2.35. The molecule has 2 heterocycles. The van der Waals surface area contributed by atoms with E-state index in [0.29, 0.717) is 11.5 Å². The van der Waals surface area contributed by atoms with Crippen LogP contribution in [-0.2, 0) is 14.9 Å². The zero-order valence-electron chi connectivity index (χ0n) is 12.0. The highest BCUT2D eigenvalue weighted by Gasteiger charge is 2.26. The van der Waals surface area contributed by atoms with Gasteiger partial charge in [0.05, 0.1) is 6.21 Å². The molecule has 126 valence electrons. The maximum atomic E-state index is 12.0. The molecule has 24 heavy (non-hydrogen) atoms. The molecular formula is C14H11N2O7S-. The minimum absolute atomic E-state index is 0.00381. The van der Waals surface area contributed by atoms with Crippen molar-refractivity contribution in [3.63, 3.8) is 0 Å². The van der Waals surface area contributed by atoms with E-state index in [-0.39, 0.29) is 12.4 Å². The number of nitrogens with one attached hydrogen (secondary N) is 1. The summed E-state index contributed by atoms with van der Waals surface area (Å²) in [5.41, 5.74) is 2.22. The van der Waals surface area contributed by atoms with Crippen molar-refractivity contribution < 1.29 is 31.7 Å². The van der Waals surface area contributed by atoms with E-state index in [1.165, 1.54) is 6.07 Å². The molecule has 1 amide bonds. The first-order valence-electron chi connectivity index (χ1n) is 6.70. The van der Waals surface area contributed by atoms with E-state index in [1.54, 1.807) is 24.3 Å².